The van der Waals surface area contributed by atoms with Crippen molar-refractivity contribution in [3.63, 3.8) is 0 Å². The van der Waals surface area contributed by atoms with Crippen molar-refractivity contribution in [1.29, 1.82) is 0 Å². The minimum atomic E-state index is -4.94. The highest BCUT2D eigenvalue weighted by Gasteiger charge is 2.36. The average Bonchev–Trinajstić information content (AvgIpc) is 2.51. The fourth-order valence-electron chi connectivity index (χ4n) is 1.82. The lowest BCUT2D eigenvalue weighted by Crippen LogP contribution is -2.24. The molecule has 0 aliphatic carbocycles. The number of nitrogens with one attached hydrogen (secondary N) is 1. The smallest absolute Gasteiger partial charge is 0.347 e. The molecule has 0 atom stereocenters. The van der Waals surface area contributed by atoms with Crippen molar-refractivity contribution >= 4 is 5.91 Å². The summed E-state index contributed by atoms with van der Waals surface area (Å²) < 4.78 is 76.4. The van der Waals surface area contributed by atoms with Gasteiger partial charge in [-0.25, -0.2) is 9.97 Å². The fourth-order valence-corrected chi connectivity index (χ4v) is 1.82. The van der Waals surface area contributed by atoms with Crippen molar-refractivity contribution in [3.8, 4) is 0 Å². The third kappa shape index (κ3) is 4.43. The highest BCUT2D eigenvalue weighted by molar-refractivity contribution is 5.91. The van der Waals surface area contributed by atoms with Crippen LogP contribution in [0, 0.1) is 0 Å². The van der Waals surface area contributed by atoms with Gasteiger partial charge in [0.1, 0.15) is 12.0 Å². The molecule has 1 N–H and O–H groups in total. The van der Waals surface area contributed by atoms with E-state index in [9.17, 15) is 31.1 Å². The lowest BCUT2D eigenvalue weighted by molar-refractivity contribution is -0.143. The molecule has 1 amide bonds. The zero-order valence-corrected chi connectivity index (χ0v) is 11.7. The van der Waals surface area contributed by atoms with Gasteiger partial charge in [0.2, 0.25) is 0 Å². The van der Waals surface area contributed by atoms with Crippen LogP contribution in [-0.4, -0.2) is 15.9 Å². The maximum atomic E-state index is 12.7. The van der Waals surface area contributed by atoms with Gasteiger partial charge in [-0.15, -0.1) is 0 Å². The van der Waals surface area contributed by atoms with E-state index in [1.807, 2.05) is 0 Å². The SMILES string of the molecule is O=C(NCc1cc(C(F)(F)F)cc(C(F)(F)F)c1)c1ccncn1. The molecule has 10 heteroatoms. The van der Waals surface area contributed by atoms with E-state index in [4.69, 9.17) is 0 Å². The molecule has 1 aromatic heterocycles. The highest BCUT2D eigenvalue weighted by atomic mass is 19.4. The molecule has 2 rings (SSSR count). The first-order chi connectivity index (χ1) is 11.1. The molecular weight excluding hydrogens is 340 g/mol. The number of carbonyl (C=O) groups is 1. The first-order valence-corrected chi connectivity index (χ1v) is 6.40. The number of benzene rings is 1. The van der Waals surface area contributed by atoms with Gasteiger partial charge in [0.05, 0.1) is 11.1 Å². The van der Waals surface area contributed by atoms with Gasteiger partial charge in [0.25, 0.3) is 5.91 Å². The number of hydrogen-bond donors (Lipinski definition) is 1. The van der Waals surface area contributed by atoms with Gasteiger partial charge in [-0.3, -0.25) is 4.79 Å². The van der Waals surface area contributed by atoms with Crippen molar-refractivity contribution < 1.29 is 31.1 Å². The number of rotatable bonds is 3. The lowest BCUT2D eigenvalue weighted by atomic mass is 10.0. The summed E-state index contributed by atoms with van der Waals surface area (Å²) in [5, 5.41) is 2.21. The third-order valence-electron chi connectivity index (χ3n) is 2.92. The van der Waals surface area contributed by atoms with Crippen molar-refractivity contribution in [2.24, 2.45) is 0 Å². The molecule has 0 saturated heterocycles. The summed E-state index contributed by atoms with van der Waals surface area (Å²) in [4.78, 5) is 18.9. The van der Waals surface area contributed by atoms with E-state index in [2.05, 4.69) is 15.3 Å². The lowest BCUT2D eigenvalue weighted by Gasteiger charge is -2.14. The zero-order chi connectivity index (χ0) is 18.0. The van der Waals surface area contributed by atoms with E-state index in [1.165, 1.54) is 12.3 Å². The van der Waals surface area contributed by atoms with Crippen LogP contribution < -0.4 is 5.32 Å². The number of carbonyl (C=O) groups excluding carboxylic acids is 1. The summed E-state index contributed by atoms with van der Waals surface area (Å²) in [6.07, 6.45) is -7.52. The zero-order valence-electron chi connectivity index (χ0n) is 11.7. The van der Waals surface area contributed by atoms with Crippen LogP contribution in [0.3, 0.4) is 0 Å². The van der Waals surface area contributed by atoms with Crippen LogP contribution >= 0.6 is 0 Å². The Morgan fingerprint density at radius 2 is 1.58 bits per heavy atom. The highest BCUT2D eigenvalue weighted by Crippen LogP contribution is 2.36. The van der Waals surface area contributed by atoms with Crippen LogP contribution in [0.15, 0.2) is 36.8 Å². The second-order valence-corrected chi connectivity index (χ2v) is 4.69. The molecule has 1 aromatic carbocycles. The maximum Gasteiger partial charge on any atom is 0.416 e. The van der Waals surface area contributed by atoms with E-state index in [0.29, 0.717) is 12.1 Å². The number of nitrogens with zero attached hydrogens (tertiary/aromatic N) is 2. The van der Waals surface area contributed by atoms with Crippen molar-refractivity contribution in [2.45, 2.75) is 18.9 Å². The van der Waals surface area contributed by atoms with Gasteiger partial charge in [-0.05, 0) is 29.8 Å². The van der Waals surface area contributed by atoms with Gasteiger partial charge in [-0.1, -0.05) is 0 Å². The summed E-state index contributed by atoms with van der Waals surface area (Å²) in [6, 6.07) is 2.38. The van der Waals surface area contributed by atoms with Gasteiger partial charge in [0, 0.05) is 12.7 Å². The van der Waals surface area contributed by atoms with E-state index >= 15 is 0 Å². The molecule has 1 heterocycles. The number of halogens is 6. The first kappa shape index (κ1) is 17.7. The van der Waals surface area contributed by atoms with Crippen LogP contribution in [0.25, 0.3) is 0 Å². The van der Waals surface area contributed by atoms with E-state index in [1.54, 1.807) is 0 Å². The normalized spacial score (nSPS) is 12.1. The number of aromatic nitrogens is 2. The summed E-state index contributed by atoms with van der Waals surface area (Å²) in [5.74, 6) is -0.747. The predicted molar refractivity (Wildman–Crippen MR) is 69.6 cm³/mol. The Morgan fingerprint density at radius 1 is 1.00 bits per heavy atom. The number of hydrogen-bond acceptors (Lipinski definition) is 3. The van der Waals surface area contributed by atoms with Gasteiger partial charge in [0.15, 0.2) is 0 Å². The maximum absolute atomic E-state index is 12.7. The molecule has 2 aromatic rings. The average molecular weight is 349 g/mol. The molecule has 0 aliphatic heterocycles. The second-order valence-electron chi connectivity index (χ2n) is 4.69. The molecule has 24 heavy (non-hydrogen) atoms. The molecule has 4 nitrogen and oxygen atoms in total. The molecule has 0 radical (unpaired) electrons. The quantitative estimate of drug-likeness (QED) is 0.864. The predicted octanol–water partition coefficient (Wildman–Crippen LogP) is 3.44. The Bertz CT molecular complexity index is 695. The van der Waals surface area contributed by atoms with Crippen molar-refractivity contribution in [2.75, 3.05) is 0 Å². The monoisotopic (exact) mass is 349 g/mol. The Balaban J connectivity index is 2.25. The third-order valence-corrected chi connectivity index (χ3v) is 2.92. The molecule has 0 fully saturated rings. The Hall–Kier alpha value is -2.65. The molecule has 0 bridgehead atoms. The standard InChI is InChI=1S/C14H9F6N3O/c15-13(16,17)9-3-8(4-10(5-9)14(18,19)20)6-22-12(24)11-1-2-21-7-23-11/h1-5,7H,6H2,(H,22,24). The van der Waals surface area contributed by atoms with Crippen LogP contribution in [0.4, 0.5) is 26.3 Å². The molecule has 0 aliphatic rings. The molecule has 0 spiro atoms. The van der Waals surface area contributed by atoms with E-state index < -0.39 is 35.9 Å². The van der Waals surface area contributed by atoms with Crippen LogP contribution in [0.5, 0.6) is 0 Å². The summed E-state index contributed by atoms with van der Waals surface area (Å²) in [5.41, 5.74) is -3.28. The van der Waals surface area contributed by atoms with Crippen LogP contribution in [-0.2, 0) is 18.9 Å². The molecule has 0 unspecified atom stereocenters. The number of alkyl halides is 6. The molecular formula is C14H9F6N3O. The van der Waals surface area contributed by atoms with Gasteiger partial charge < -0.3 is 5.32 Å². The Labute approximate surface area is 131 Å². The minimum Gasteiger partial charge on any atom is -0.347 e. The number of amides is 1. The van der Waals surface area contributed by atoms with Crippen LogP contribution in [0.2, 0.25) is 0 Å². The van der Waals surface area contributed by atoms with E-state index in [0.717, 1.165) is 6.33 Å². The molecule has 0 saturated carbocycles. The van der Waals surface area contributed by atoms with Gasteiger partial charge in [-0.2, -0.15) is 26.3 Å². The minimum absolute atomic E-state index is 0.0236. The first-order valence-electron chi connectivity index (χ1n) is 6.40. The largest absolute Gasteiger partial charge is 0.416 e. The topological polar surface area (TPSA) is 54.9 Å². The van der Waals surface area contributed by atoms with Gasteiger partial charge >= 0.3 is 12.4 Å². The Kier molecular flexibility index (Phi) is 4.76. The molecule has 128 valence electrons. The fraction of sp³-hybridized carbons (Fsp3) is 0.214. The van der Waals surface area contributed by atoms with Crippen molar-refractivity contribution in [1.82, 2.24) is 15.3 Å². The van der Waals surface area contributed by atoms with E-state index in [-0.39, 0.29) is 17.3 Å². The summed E-state index contributed by atoms with van der Waals surface area (Å²) >= 11 is 0. The van der Waals surface area contributed by atoms with Crippen molar-refractivity contribution in [3.05, 3.63) is 59.2 Å². The summed E-state index contributed by atoms with van der Waals surface area (Å²) in [7, 11) is 0. The van der Waals surface area contributed by atoms with Crippen LogP contribution in [0.1, 0.15) is 27.2 Å². The Morgan fingerprint density at radius 3 is 2.04 bits per heavy atom. The summed E-state index contributed by atoms with van der Waals surface area (Å²) in [6.45, 7) is -0.518. The second kappa shape index (κ2) is 6.46.